The monoisotopic (exact) mass is 219 g/mol. The van der Waals surface area contributed by atoms with E-state index in [0.717, 1.165) is 5.56 Å². The van der Waals surface area contributed by atoms with Crippen LogP contribution in [0.5, 0.6) is 5.88 Å². The van der Waals surface area contributed by atoms with E-state index in [1.807, 2.05) is 30.3 Å². The lowest BCUT2D eigenvalue weighted by Crippen LogP contribution is -1.92. The predicted octanol–water partition coefficient (Wildman–Crippen LogP) is 2.12. The predicted molar refractivity (Wildman–Crippen MR) is 53.5 cm³/mol. The van der Waals surface area contributed by atoms with Crippen LogP contribution in [0.1, 0.15) is 0 Å². The number of nitrogens with zero attached hydrogens (tertiary/aromatic N) is 3. The molecule has 1 aromatic carbocycles. The van der Waals surface area contributed by atoms with E-state index in [4.69, 9.17) is 4.52 Å². The van der Waals surface area contributed by atoms with E-state index < -0.39 is 8.69 Å². The molecule has 1 heterocycles. The first kappa shape index (κ1) is 9.68. The maximum atomic E-state index is 10.3. The summed E-state index contributed by atoms with van der Waals surface area (Å²) in [6.07, 6.45) is 1.52. The highest BCUT2D eigenvalue weighted by atomic mass is 31.1. The van der Waals surface area contributed by atoms with Crippen molar-refractivity contribution in [2.24, 2.45) is 0 Å². The lowest BCUT2D eigenvalue weighted by molar-refractivity contribution is 0.507. The van der Waals surface area contributed by atoms with Crippen molar-refractivity contribution >= 4 is 8.69 Å². The number of rotatable bonds is 3. The van der Waals surface area contributed by atoms with E-state index in [2.05, 4.69) is 15.4 Å². The van der Waals surface area contributed by atoms with Crippen molar-refractivity contribution in [3.8, 4) is 17.0 Å². The van der Waals surface area contributed by atoms with Crippen LogP contribution in [-0.2, 0) is 4.57 Å². The first-order valence-corrected chi connectivity index (χ1v) is 4.88. The zero-order chi connectivity index (χ0) is 10.5. The Hall–Kier alpha value is -1.87. The Morgan fingerprint density at radius 1 is 1.20 bits per heavy atom. The molecule has 74 valence electrons. The molecule has 0 aliphatic heterocycles. The van der Waals surface area contributed by atoms with Gasteiger partial charge in [-0.05, 0) is 10.8 Å². The second-order valence-electron chi connectivity index (χ2n) is 2.68. The van der Waals surface area contributed by atoms with Gasteiger partial charge in [-0.1, -0.05) is 35.4 Å². The zero-order valence-corrected chi connectivity index (χ0v) is 8.46. The van der Waals surface area contributed by atoms with Crippen molar-refractivity contribution in [2.45, 2.75) is 0 Å². The van der Waals surface area contributed by atoms with Crippen LogP contribution in [0.15, 0.2) is 36.5 Å². The summed E-state index contributed by atoms with van der Waals surface area (Å²) in [6.45, 7) is 0. The molecular formula is C9H6N3O2P. The summed E-state index contributed by atoms with van der Waals surface area (Å²) in [4.78, 5) is 0. The lowest BCUT2D eigenvalue weighted by atomic mass is 10.1. The molecule has 0 N–H and O–H groups in total. The first-order valence-electron chi connectivity index (χ1n) is 4.15. The molecule has 6 heteroatoms. The Morgan fingerprint density at radius 2 is 2.00 bits per heavy atom. The molecule has 1 aromatic heterocycles. The fraction of sp³-hybridized carbons (Fsp3) is 0. The summed E-state index contributed by atoms with van der Waals surface area (Å²) < 4.78 is 15.1. The van der Waals surface area contributed by atoms with Gasteiger partial charge in [-0.25, -0.2) is 4.57 Å². The summed E-state index contributed by atoms with van der Waals surface area (Å²) in [5.41, 5.74) is 1.55. The van der Waals surface area contributed by atoms with Gasteiger partial charge in [0.15, 0.2) is 0 Å². The summed E-state index contributed by atoms with van der Waals surface area (Å²) in [7, 11) is -0.460. The van der Waals surface area contributed by atoms with Crippen LogP contribution in [0.25, 0.3) is 11.1 Å². The number of benzene rings is 1. The highest BCUT2D eigenvalue weighted by Gasteiger charge is 2.08. The van der Waals surface area contributed by atoms with Gasteiger partial charge in [0.2, 0.25) is 0 Å². The number of hydrogen-bond donors (Lipinski definition) is 0. The average molecular weight is 219 g/mol. The fourth-order valence-corrected chi connectivity index (χ4v) is 1.38. The number of hydrogen-bond acceptors (Lipinski definition) is 5. The van der Waals surface area contributed by atoms with E-state index in [0.29, 0.717) is 5.56 Å². The van der Waals surface area contributed by atoms with Crippen molar-refractivity contribution in [3.05, 3.63) is 36.5 Å². The van der Waals surface area contributed by atoms with E-state index in [1.165, 1.54) is 6.20 Å². The molecule has 2 aromatic rings. The molecule has 0 amide bonds. The minimum atomic E-state index is -0.460. The minimum Gasteiger partial charge on any atom is -0.385 e. The van der Waals surface area contributed by atoms with Crippen molar-refractivity contribution in [2.75, 3.05) is 0 Å². The molecule has 5 nitrogen and oxygen atoms in total. The average Bonchev–Trinajstić information content (AvgIpc) is 2.31. The maximum Gasteiger partial charge on any atom is 0.397 e. The number of aromatic nitrogens is 3. The van der Waals surface area contributed by atoms with Crippen molar-refractivity contribution in [3.63, 3.8) is 0 Å². The molecule has 0 aliphatic carbocycles. The molecular weight excluding hydrogens is 213 g/mol. The smallest absolute Gasteiger partial charge is 0.385 e. The molecule has 15 heavy (non-hydrogen) atoms. The highest BCUT2D eigenvalue weighted by molar-refractivity contribution is 7.17. The Kier molecular flexibility index (Phi) is 2.95. The van der Waals surface area contributed by atoms with E-state index >= 15 is 0 Å². The van der Waals surface area contributed by atoms with Gasteiger partial charge in [-0.15, -0.1) is 5.10 Å². The van der Waals surface area contributed by atoms with Gasteiger partial charge in [-0.2, -0.15) is 0 Å². The molecule has 0 bridgehead atoms. The maximum absolute atomic E-state index is 10.3. The molecule has 0 fully saturated rings. The van der Waals surface area contributed by atoms with Gasteiger partial charge in [0.25, 0.3) is 5.88 Å². The van der Waals surface area contributed by atoms with Gasteiger partial charge in [-0.3, -0.25) is 0 Å². The summed E-state index contributed by atoms with van der Waals surface area (Å²) in [5.74, 6) is 0.202. The third-order valence-electron chi connectivity index (χ3n) is 1.81. The Bertz CT molecular complexity index is 464. The van der Waals surface area contributed by atoms with Gasteiger partial charge >= 0.3 is 8.69 Å². The summed E-state index contributed by atoms with van der Waals surface area (Å²) >= 11 is 0. The van der Waals surface area contributed by atoms with Gasteiger partial charge in [0.05, 0.1) is 11.8 Å². The van der Waals surface area contributed by atoms with Gasteiger partial charge in [0.1, 0.15) is 0 Å². The van der Waals surface area contributed by atoms with Crippen molar-refractivity contribution in [1.29, 1.82) is 0 Å². The molecule has 0 radical (unpaired) electrons. The van der Waals surface area contributed by atoms with E-state index in [1.54, 1.807) is 0 Å². The molecule has 0 spiro atoms. The molecule has 2 rings (SSSR count). The standard InChI is InChI=1S/C9H6N3O2P/c13-15-14-9-8(6-10-12-11-9)7-4-2-1-3-5-7/h1-6H. The van der Waals surface area contributed by atoms with Crippen molar-refractivity contribution in [1.82, 2.24) is 15.4 Å². The van der Waals surface area contributed by atoms with E-state index in [-0.39, 0.29) is 5.88 Å². The van der Waals surface area contributed by atoms with Crippen LogP contribution >= 0.6 is 8.69 Å². The molecule has 0 atom stereocenters. The quantitative estimate of drug-likeness (QED) is 0.739. The van der Waals surface area contributed by atoms with Crippen LogP contribution in [0.3, 0.4) is 0 Å². The Balaban J connectivity index is 2.48. The third kappa shape index (κ3) is 2.14. The Labute approximate surface area is 87.4 Å². The largest absolute Gasteiger partial charge is 0.397 e. The van der Waals surface area contributed by atoms with Crippen LogP contribution in [0.4, 0.5) is 0 Å². The van der Waals surface area contributed by atoms with E-state index in [9.17, 15) is 4.57 Å². The third-order valence-corrected chi connectivity index (χ3v) is 2.06. The van der Waals surface area contributed by atoms with Crippen LogP contribution in [0.2, 0.25) is 0 Å². The molecule has 0 saturated carbocycles. The summed E-state index contributed by atoms with van der Waals surface area (Å²) in [6, 6.07) is 9.43. The minimum absolute atomic E-state index is 0.202. The van der Waals surface area contributed by atoms with Gasteiger partial charge in [0, 0.05) is 0 Å². The van der Waals surface area contributed by atoms with Crippen molar-refractivity contribution < 1.29 is 9.09 Å². The van der Waals surface area contributed by atoms with Crippen LogP contribution in [0, 0.1) is 0 Å². The highest BCUT2D eigenvalue weighted by Crippen LogP contribution is 2.27. The van der Waals surface area contributed by atoms with Crippen LogP contribution in [-0.4, -0.2) is 15.4 Å². The molecule has 0 unspecified atom stereocenters. The molecule has 0 aliphatic rings. The summed E-state index contributed by atoms with van der Waals surface area (Å²) in [5, 5.41) is 10.7. The second kappa shape index (κ2) is 4.57. The normalized spacial score (nSPS) is 10.1. The topological polar surface area (TPSA) is 65.0 Å². The van der Waals surface area contributed by atoms with Gasteiger partial charge < -0.3 is 4.52 Å². The zero-order valence-electron chi connectivity index (χ0n) is 7.57. The fourth-order valence-electron chi connectivity index (χ4n) is 1.18. The molecule has 0 saturated heterocycles. The lowest BCUT2D eigenvalue weighted by Gasteiger charge is -2.02. The second-order valence-corrected chi connectivity index (χ2v) is 3.02. The van der Waals surface area contributed by atoms with Crippen LogP contribution < -0.4 is 4.52 Å². The Morgan fingerprint density at radius 3 is 2.73 bits per heavy atom. The SMILES string of the molecule is O=POc1nnncc1-c1ccccc1. The first-order chi connectivity index (χ1) is 7.42.